The van der Waals surface area contributed by atoms with E-state index < -0.39 is 11.7 Å². The largest absolute Gasteiger partial charge is 0.332 e. The van der Waals surface area contributed by atoms with Crippen molar-refractivity contribution in [2.45, 2.75) is 32.2 Å². The van der Waals surface area contributed by atoms with Crippen LogP contribution >= 0.6 is 34.8 Å². The van der Waals surface area contributed by atoms with Crippen LogP contribution in [0.25, 0.3) is 11.0 Å². The second-order valence-electron chi connectivity index (χ2n) is 6.48. The number of Topliss-reactive ketones (excluding diaryl/α,β-unsaturated/α-hetero) is 1. The van der Waals surface area contributed by atoms with Crippen LogP contribution in [0, 0.1) is 0 Å². The van der Waals surface area contributed by atoms with Crippen molar-refractivity contribution in [3.63, 3.8) is 0 Å². The summed E-state index contributed by atoms with van der Waals surface area (Å²) in [5.41, 5.74) is 1.11. The maximum absolute atomic E-state index is 12.8. The van der Waals surface area contributed by atoms with Crippen LogP contribution in [0.15, 0.2) is 36.9 Å². The second kappa shape index (κ2) is 10.1. The highest BCUT2D eigenvalue weighted by atomic mass is 35.5. The second-order valence-corrected chi connectivity index (χ2v) is 7.67. The van der Waals surface area contributed by atoms with E-state index >= 15 is 0 Å². The first-order chi connectivity index (χ1) is 14.0. The van der Waals surface area contributed by atoms with Gasteiger partial charge in [-0.25, -0.2) is 4.98 Å². The van der Waals surface area contributed by atoms with Crippen LogP contribution in [0.4, 0.5) is 5.69 Å². The standard InChI is InChI=1S/C20H19Cl3N4O2/c21-7-3-1-2-4-9-27-12-14(13-6-5-8-25-19(13)27)18(28)20(29)26-17-15(22)10-24-11-16(17)23/h5-6,8,10-12H,1-4,7,9H2,(H,24,26,29). The number of rotatable bonds is 9. The minimum absolute atomic E-state index is 0.152. The molecule has 0 atom stereocenters. The highest BCUT2D eigenvalue weighted by molar-refractivity contribution is 6.50. The number of halogens is 3. The van der Waals surface area contributed by atoms with Crippen molar-refractivity contribution >= 4 is 63.2 Å². The van der Waals surface area contributed by atoms with E-state index in [4.69, 9.17) is 34.8 Å². The highest BCUT2D eigenvalue weighted by Crippen LogP contribution is 2.29. The van der Waals surface area contributed by atoms with Gasteiger partial charge < -0.3 is 9.88 Å². The molecule has 1 N–H and O–H groups in total. The minimum Gasteiger partial charge on any atom is -0.332 e. The Morgan fingerprint density at radius 1 is 1.07 bits per heavy atom. The van der Waals surface area contributed by atoms with Gasteiger partial charge in [-0.05, 0) is 25.0 Å². The van der Waals surface area contributed by atoms with Gasteiger partial charge in [0.1, 0.15) is 5.65 Å². The summed E-state index contributed by atoms with van der Waals surface area (Å²) in [4.78, 5) is 33.6. The van der Waals surface area contributed by atoms with Crippen LogP contribution in [0.1, 0.15) is 36.0 Å². The van der Waals surface area contributed by atoms with Crippen LogP contribution in [-0.2, 0) is 11.3 Å². The fraction of sp³-hybridized carbons (Fsp3) is 0.300. The number of hydrogen-bond acceptors (Lipinski definition) is 4. The molecule has 3 heterocycles. The van der Waals surface area contributed by atoms with Crippen molar-refractivity contribution in [3.8, 4) is 0 Å². The van der Waals surface area contributed by atoms with Crippen molar-refractivity contribution < 1.29 is 9.59 Å². The molecule has 0 radical (unpaired) electrons. The molecule has 6 nitrogen and oxygen atoms in total. The van der Waals surface area contributed by atoms with Gasteiger partial charge in [-0.2, -0.15) is 0 Å². The molecule has 0 spiro atoms. The van der Waals surface area contributed by atoms with Crippen LogP contribution in [-0.4, -0.2) is 32.1 Å². The lowest BCUT2D eigenvalue weighted by Gasteiger charge is -2.07. The predicted octanol–water partition coefficient (Wildman–Crippen LogP) is 5.36. The van der Waals surface area contributed by atoms with Crippen molar-refractivity contribution in [3.05, 3.63) is 52.5 Å². The molecule has 3 rings (SSSR count). The summed E-state index contributed by atoms with van der Waals surface area (Å²) in [5, 5.41) is 3.41. The van der Waals surface area contributed by atoms with Gasteiger partial charge in [-0.3, -0.25) is 14.6 Å². The van der Waals surface area contributed by atoms with Gasteiger partial charge in [0.25, 0.3) is 11.7 Å². The molecule has 0 fully saturated rings. The smallest absolute Gasteiger partial charge is 0.296 e. The normalized spacial score (nSPS) is 11.0. The van der Waals surface area contributed by atoms with Crippen LogP contribution < -0.4 is 5.32 Å². The fourth-order valence-electron chi connectivity index (χ4n) is 3.03. The summed E-state index contributed by atoms with van der Waals surface area (Å²) in [7, 11) is 0. The third kappa shape index (κ3) is 5.07. The third-order valence-corrected chi connectivity index (χ3v) is 5.30. The number of anilines is 1. The Morgan fingerprint density at radius 3 is 2.52 bits per heavy atom. The first kappa shape index (κ1) is 21.6. The lowest BCUT2D eigenvalue weighted by atomic mass is 10.1. The van der Waals surface area contributed by atoms with Gasteiger partial charge in [-0.15, -0.1) is 11.6 Å². The van der Waals surface area contributed by atoms with E-state index in [9.17, 15) is 9.59 Å². The average molecular weight is 454 g/mol. The summed E-state index contributed by atoms with van der Waals surface area (Å²) < 4.78 is 1.91. The van der Waals surface area contributed by atoms with E-state index in [0.29, 0.717) is 23.5 Å². The lowest BCUT2D eigenvalue weighted by Crippen LogP contribution is -2.23. The van der Waals surface area contributed by atoms with Crippen molar-refractivity contribution in [2.24, 2.45) is 0 Å². The summed E-state index contributed by atoms with van der Waals surface area (Å²) in [6.07, 6.45) is 10.0. The molecule has 0 saturated heterocycles. The molecule has 152 valence electrons. The number of pyridine rings is 2. The van der Waals surface area contributed by atoms with E-state index in [0.717, 1.165) is 25.7 Å². The maximum atomic E-state index is 12.8. The summed E-state index contributed by atoms with van der Waals surface area (Å²) in [6.45, 7) is 0.701. The monoisotopic (exact) mass is 452 g/mol. The summed E-state index contributed by atoms with van der Waals surface area (Å²) >= 11 is 17.8. The first-order valence-corrected chi connectivity index (χ1v) is 10.5. The number of carbonyl (C=O) groups is 2. The topological polar surface area (TPSA) is 76.9 Å². The van der Waals surface area contributed by atoms with Crippen molar-refractivity contribution in [2.75, 3.05) is 11.2 Å². The summed E-state index contributed by atoms with van der Waals surface area (Å²) in [5.74, 6) is -0.856. The Kier molecular flexibility index (Phi) is 7.47. The number of nitrogens with zero attached hydrogens (tertiary/aromatic N) is 3. The zero-order valence-corrected chi connectivity index (χ0v) is 17.8. The van der Waals surface area contributed by atoms with Gasteiger partial charge in [0.15, 0.2) is 0 Å². The number of ketones is 1. The van der Waals surface area contributed by atoms with E-state index in [-0.39, 0.29) is 21.3 Å². The van der Waals surface area contributed by atoms with Gasteiger partial charge in [0, 0.05) is 42.6 Å². The highest BCUT2D eigenvalue weighted by Gasteiger charge is 2.23. The fourth-order valence-corrected chi connectivity index (χ4v) is 3.68. The number of nitrogens with one attached hydrogen (secondary N) is 1. The minimum atomic E-state index is -0.829. The van der Waals surface area contributed by atoms with Gasteiger partial charge >= 0.3 is 0 Å². The number of unbranched alkanes of at least 4 members (excludes halogenated alkanes) is 3. The number of carbonyl (C=O) groups excluding carboxylic acids is 2. The maximum Gasteiger partial charge on any atom is 0.296 e. The molecule has 29 heavy (non-hydrogen) atoms. The third-order valence-electron chi connectivity index (χ3n) is 4.46. The Morgan fingerprint density at radius 2 is 1.79 bits per heavy atom. The Balaban J connectivity index is 1.81. The van der Waals surface area contributed by atoms with Crippen molar-refractivity contribution in [1.82, 2.24) is 14.5 Å². The van der Waals surface area contributed by atoms with Crippen LogP contribution in [0.3, 0.4) is 0 Å². The van der Waals surface area contributed by atoms with E-state index in [2.05, 4.69) is 15.3 Å². The zero-order valence-electron chi connectivity index (χ0n) is 15.5. The Bertz CT molecular complexity index is 1020. The first-order valence-electron chi connectivity index (χ1n) is 9.17. The molecule has 9 heteroatoms. The number of fused-ring (bicyclic) bond motifs is 1. The molecular formula is C20H19Cl3N4O2. The summed E-state index contributed by atoms with van der Waals surface area (Å²) in [6, 6.07) is 3.51. The lowest BCUT2D eigenvalue weighted by molar-refractivity contribution is -0.112. The molecule has 0 unspecified atom stereocenters. The zero-order chi connectivity index (χ0) is 20.8. The molecule has 1 amide bonds. The Labute approximate surface area is 183 Å². The molecule has 0 aromatic carbocycles. The van der Waals surface area contributed by atoms with Crippen molar-refractivity contribution in [1.29, 1.82) is 0 Å². The van der Waals surface area contributed by atoms with Gasteiger partial charge in [0.2, 0.25) is 0 Å². The van der Waals surface area contributed by atoms with E-state index in [1.165, 1.54) is 12.4 Å². The van der Waals surface area contributed by atoms with Crippen LogP contribution in [0.5, 0.6) is 0 Å². The Hall–Kier alpha value is -2.15. The van der Waals surface area contributed by atoms with Crippen LogP contribution in [0.2, 0.25) is 10.0 Å². The number of aromatic nitrogens is 3. The molecule has 0 aliphatic rings. The molecule has 0 aliphatic heterocycles. The van der Waals surface area contributed by atoms with Gasteiger partial charge in [0.05, 0.1) is 21.3 Å². The number of alkyl halides is 1. The molecule has 3 aromatic heterocycles. The van der Waals surface area contributed by atoms with Gasteiger partial charge in [-0.1, -0.05) is 36.0 Å². The van der Waals surface area contributed by atoms with E-state index in [1.54, 1.807) is 24.5 Å². The predicted molar refractivity (Wildman–Crippen MR) is 116 cm³/mol. The quantitative estimate of drug-likeness (QED) is 0.205. The molecular weight excluding hydrogens is 435 g/mol. The number of amides is 1. The number of hydrogen-bond donors (Lipinski definition) is 1. The molecule has 0 bridgehead atoms. The number of aryl methyl sites for hydroxylation is 1. The molecule has 0 saturated carbocycles. The SMILES string of the molecule is O=C(Nc1c(Cl)cncc1Cl)C(=O)c1cn(CCCCCCCl)c2ncccc12. The average Bonchev–Trinajstić information content (AvgIpc) is 3.09. The molecule has 3 aromatic rings. The molecule has 0 aliphatic carbocycles. The van der Waals surface area contributed by atoms with E-state index in [1.807, 2.05) is 4.57 Å².